The van der Waals surface area contributed by atoms with Crippen LogP contribution in [0.25, 0.3) is 0 Å². The van der Waals surface area contributed by atoms with Gasteiger partial charge in [0.2, 0.25) is 0 Å². The summed E-state index contributed by atoms with van der Waals surface area (Å²) < 4.78 is 0. The highest BCUT2D eigenvalue weighted by molar-refractivity contribution is 5.60. The van der Waals surface area contributed by atoms with Gasteiger partial charge in [-0.1, -0.05) is 26.0 Å². The normalized spacial score (nSPS) is 10.5. The molecule has 0 atom stereocenters. The van der Waals surface area contributed by atoms with E-state index in [0.29, 0.717) is 0 Å². The van der Waals surface area contributed by atoms with E-state index in [2.05, 4.69) is 59.2 Å². The average Bonchev–Trinajstić information content (AvgIpc) is 2.46. The minimum atomic E-state index is 0.796. The lowest BCUT2D eigenvalue weighted by atomic mass is 10.2. The molecule has 0 amide bonds. The van der Waals surface area contributed by atoms with Crippen LogP contribution in [0.5, 0.6) is 0 Å². The molecule has 1 aromatic carbocycles. The zero-order chi connectivity index (χ0) is 15.9. The van der Waals surface area contributed by atoms with Crippen LogP contribution in [0.4, 0.5) is 17.3 Å². The molecular weight excluding hydrogens is 272 g/mol. The second kappa shape index (κ2) is 7.78. The van der Waals surface area contributed by atoms with E-state index < -0.39 is 0 Å². The predicted octanol–water partition coefficient (Wildman–Crippen LogP) is 4.46. The zero-order valence-corrected chi connectivity index (χ0v) is 14.1. The summed E-state index contributed by atoms with van der Waals surface area (Å²) in [6.07, 6.45) is 2.23. The van der Waals surface area contributed by atoms with Gasteiger partial charge in [-0.05, 0) is 44.4 Å². The molecule has 0 aliphatic heterocycles. The van der Waals surface area contributed by atoms with Crippen LogP contribution in [0.15, 0.2) is 30.3 Å². The number of nitrogens with zero attached hydrogens (tertiary/aromatic N) is 3. The summed E-state index contributed by atoms with van der Waals surface area (Å²) in [5, 5.41) is 3.39. The smallest absolute Gasteiger partial charge is 0.136 e. The first-order chi connectivity index (χ1) is 10.6. The van der Waals surface area contributed by atoms with E-state index in [-0.39, 0.29) is 0 Å². The molecule has 0 aliphatic carbocycles. The molecule has 118 valence electrons. The lowest BCUT2D eigenvalue weighted by Crippen LogP contribution is -2.26. The van der Waals surface area contributed by atoms with Gasteiger partial charge in [0.1, 0.15) is 17.5 Å². The standard InChI is InChI=1S/C18H26N4/c1-5-10-22(11-6-2)18-13-17(19-15(4)20-18)21-16-9-7-8-14(3)12-16/h7-9,12-13H,5-6,10-11H2,1-4H3,(H,19,20,21). The molecule has 0 radical (unpaired) electrons. The Morgan fingerprint density at radius 2 is 1.73 bits per heavy atom. The first kappa shape index (κ1) is 16.3. The number of aromatic nitrogens is 2. The molecule has 0 fully saturated rings. The van der Waals surface area contributed by atoms with Crippen LogP contribution in [-0.2, 0) is 0 Å². The van der Waals surface area contributed by atoms with Gasteiger partial charge in [0.15, 0.2) is 0 Å². The van der Waals surface area contributed by atoms with Crippen molar-refractivity contribution in [1.82, 2.24) is 9.97 Å². The van der Waals surface area contributed by atoms with E-state index in [0.717, 1.165) is 49.1 Å². The van der Waals surface area contributed by atoms with Gasteiger partial charge in [-0.15, -0.1) is 0 Å². The molecule has 1 N–H and O–H groups in total. The fraction of sp³-hybridized carbons (Fsp3) is 0.444. The van der Waals surface area contributed by atoms with Crippen molar-refractivity contribution in [3.63, 3.8) is 0 Å². The third-order valence-corrected chi connectivity index (χ3v) is 3.43. The van der Waals surface area contributed by atoms with E-state index in [1.807, 2.05) is 19.1 Å². The van der Waals surface area contributed by atoms with E-state index in [9.17, 15) is 0 Å². The molecule has 4 nitrogen and oxygen atoms in total. The minimum Gasteiger partial charge on any atom is -0.356 e. The Bertz CT molecular complexity index is 604. The molecule has 0 aliphatic rings. The van der Waals surface area contributed by atoms with E-state index in [4.69, 9.17) is 0 Å². The number of aryl methyl sites for hydroxylation is 2. The highest BCUT2D eigenvalue weighted by Gasteiger charge is 2.09. The third kappa shape index (κ3) is 4.45. The molecule has 0 spiro atoms. The summed E-state index contributed by atoms with van der Waals surface area (Å²) in [5.41, 5.74) is 2.29. The summed E-state index contributed by atoms with van der Waals surface area (Å²) in [7, 11) is 0. The van der Waals surface area contributed by atoms with Crippen molar-refractivity contribution in [3.05, 3.63) is 41.7 Å². The summed E-state index contributed by atoms with van der Waals surface area (Å²) in [6.45, 7) is 10.5. The fourth-order valence-corrected chi connectivity index (χ4v) is 2.53. The first-order valence-corrected chi connectivity index (χ1v) is 8.06. The van der Waals surface area contributed by atoms with Crippen molar-refractivity contribution < 1.29 is 0 Å². The Hall–Kier alpha value is -2.10. The van der Waals surface area contributed by atoms with Gasteiger partial charge in [0, 0.05) is 24.8 Å². The molecule has 4 heteroatoms. The molecule has 0 unspecified atom stereocenters. The third-order valence-electron chi connectivity index (χ3n) is 3.43. The Morgan fingerprint density at radius 1 is 1.00 bits per heavy atom. The van der Waals surface area contributed by atoms with E-state index in [1.165, 1.54) is 5.56 Å². The predicted molar refractivity (Wildman–Crippen MR) is 94.0 cm³/mol. The van der Waals surface area contributed by atoms with Gasteiger partial charge in [-0.25, -0.2) is 9.97 Å². The van der Waals surface area contributed by atoms with Crippen LogP contribution < -0.4 is 10.2 Å². The maximum atomic E-state index is 4.61. The maximum Gasteiger partial charge on any atom is 0.136 e. The molecule has 1 heterocycles. The van der Waals surface area contributed by atoms with Crippen LogP contribution in [0.1, 0.15) is 38.1 Å². The van der Waals surface area contributed by atoms with Gasteiger partial charge >= 0.3 is 0 Å². The van der Waals surface area contributed by atoms with Gasteiger partial charge < -0.3 is 10.2 Å². The topological polar surface area (TPSA) is 41.0 Å². The zero-order valence-electron chi connectivity index (χ0n) is 14.1. The Balaban J connectivity index is 2.25. The molecule has 1 aromatic heterocycles. The highest BCUT2D eigenvalue weighted by Crippen LogP contribution is 2.21. The molecule has 22 heavy (non-hydrogen) atoms. The molecule has 0 saturated heterocycles. The van der Waals surface area contributed by atoms with Crippen molar-refractivity contribution in [2.45, 2.75) is 40.5 Å². The fourth-order valence-electron chi connectivity index (χ4n) is 2.53. The summed E-state index contributed by atoms with van der Waals surface area (Å²) in [6, 6.07) is 10.4. The lowest BCUT2D eigenvalue weighted by molar-refractivity contribution is 0.730. The summed E-state index contributed by atoms with van der Waals surface area (Å²) in [4.78, 5) is 11.4. The van der Waals surface area contributed by atoms with Gasteiger partial charge in [-0.3, -0.25) is 0 Å². The largest absolute Gasteiger partial charge is 0.356 e. The SMILES string of the molecule is CCCN(CCC)c1cc(Nc2cccc(C)c2)nc(C)n1. The maximum absolute atomic E-state index is 4.61. The minimum absolute atomic E-state index is 0.796. The summed E-state index contributed by atoms with van der Waals surface area (Å²) >= 11 is 0. The number of rotatable bonds is 7. The van der Waals surface area contributed by atoms with Crippen molar-refractivity contribution in [2.75, 3.05) is 23.3 Å². The quantitative estimate of drug-likeness (QED) is 0.819. The van der Waals surface area contributed by atoms with Crippen LogP contribution >= 0.6 is 0 Å². The van der Waals surface area contributed by atoms with E-state index in [1.54, 1.807) is 0 Å². The van der Waals surface area contributed by atoms with Crippen molar-refractivity contribution in [3.8, 4) is 0 Å². The second-order valence-electron chi connectivity index (χ2n) is 5.64. The average molecular weight is 298 g/mol. The van der Waals surface area contributed by atoms with Crippen molar-refractivity contribution in [2.24, 2.45) is 0 Å². The lowest BCUT2D eigenvalue weighted by Gasteiger charge is -2.23. The molecular formula is C18H26N4. The Kier molecular flexibility index (Phi) is 5.75. The van der Waals surface area contributed by atoms with Crippen LogP contribution in [0.2, 0.25) is 0 Å². The second-order valence-corrected chi connectivity index (χ2v) is 5.64. The first-order valence-electron chi connectivity index (χ1n) is 8.06. The molecule has 0 bridgehead atoms. The van der Waals surface area contributed by atoms with Crippen LogP contribution in [0, 0.1) is 13.8 Å². The van der Waals surface area contributed by atoms with Crippen LogP contribution in [0.3, 0.4) is 0 Å². The molecule has 2 aromatic rings. The van der Waals surface area contributed by atoms with Crippen molar-refractivity contribution in [1.29, 1.82) is 0 Å². The Morgan fingerprint density at radius 3 is 2.36 bits per heavy atom. The monoisotopic (exact) mass is 298 g/mol. The molecule has 0 saturated carbocycles. The van der Waals surface area contributed by atoms with Crippen molar-refractivity contribution >= 4 is 17.3 Å². The number of anilines is 3. The van der Waals surface area contributed by atoms with Gasteiger partial charge in [-0.2, -0.15) is 0 Å². The van der Waals surface area contributed by atoms with Gasteiger partial charge in [0.25, 0.3) is 0 Å². The Labute approximate surface area is 133 Å². The summed E-state index contributed by atoms with van der Waals surface area (Å²) in [5.74, 6) is 2.65. The highest BCUT2D eigenvalue weighted by atomic mass is 15.2. The number of nitrogens with one attached hydrogen (secondary N) is 1. The number of hydrogen-bond acceptors (Lipinski definition) is 4. The number of hydrogen-bond donors (Lipinski definition) is 1. The van der Waals surface area contributed by atoms with Crippen LogP contribution in [-0.4, -0.2) is 23.1 Å². The van der Waals surface area contributed by atoms with Gasteiger partial charge in [0.05, 0.1) is 0 Å². The molecule has 2 rings (SSSR count). The number of benzene rings is 1. The van der Waals surface area contributed by atoms with E-state index >= 15 is 0 Å².